The number of hydrazine groups is 1. The third-order valence-electron chi connectivity index (χ3n) is 3.09. The SMILES string of the molecule is COc1ccc(C(=O)NN)cc1COc1ccc(C)cc1. The van der Waals surface area contributed by atoms with Crippen molar-refractivity contribution in [2.24, 2.45) is 5.84 Å². The van der Waals surface area contributed by atoms with Gasteiger partial charge in [0.15, 0.2) is 0 Å². The predicted molar refractivity (Wildman–Crippen MR) is 80.2 cm³/mol. The third-order valence-corrected chi connectivity index (χ3v) is 3.09. The molecule has 5 heteroatoms. The van der Waals surface area contributed by atoms with E-state index in [1.54, 1.807) is 25.3 Å². The number of aryl methyl sites for hydroxylation is 1. The summed E-state index contributed by atoms with van der Waals surface area (Å²) in [6.07, 6.45) is 0. The van der Waals surface area contributed by atoms with Gasteiger partial charge in [0, 0.05) is 11.1 Å². The molecule has 0 aliphatic rings. The topological polar surface area (TPSA) is 73.6 Å². The molecule has 0 aliphatic heterocycles. The van der Waals surface area contributed by atoms with Crippen LogP contribution in [0.15, 0.2) is 42.5 Å². The molecule has 0 aliphatic carbocycles. The molecule has 0 heterocycles. The van der Waals surface area contributed by atoms with Crippen molar-refractivity contribution < 1.29 is 14.3 Å². The number of carbonyl (C=O) groups is 1. The summed E-state index contributed by atoms with van der Waals surface area (Å²) in [6.45, 7) is 2.32. The lowest BCUT2D eigenvalue weighted by molar-refractivity contribution is 0.0953. The van der Waals surface area contributed by atoms with E-state index in [-0.39, 0.29) is 5.91 Å². The van der Waals surface area contributed by atoms with Gasteiger partial charge in [0.2, 0.25) is 0 Å². The summed E-state index contributed by atoms with van der Waals surface area (Å²) in [5.41, 5.74) is 4.51. The molecule has 0 atom stereocenters. The van der Waals surface area contributed by atoms with Crippen LogP contribution in [0, 0.1) is 6.92 Å². The number of hydrogen-bond acceptors (Lipinski definition) is 4. The minimum Gasteiger partial charge on any atom is -0.496 e. The number of carbonyl (C=O) groups excluding carboxylic acids is 1. The molecule has 21 heavy (non-hydrogen) atoms. The smallest absolute Gasteiger partial charge is 0.265 e. The number of amides is 1. The Morgan fingerprint density at radius 1 is 1.19 bits per heavy atom. The molecule has 0 aromatic heterocycles. The van der Waals surface area contributed by atoms with Gasteiger partial charge in [0.25, 0.3) is 5.91 Å². The molecular formula is C16H18N2O3. The zero-order valence-corrected chi connectivity index (χ0v) is 12.1. The molecule has 5 nitrogen and oxygen atoms in total. The highest BCUT2D eigenvalue weighted by Crippen LogP contribution is 2.22. The van der Waals surface area contributed by atoms with Crippen LogP contribution in [0.2, 0.25) is 0 Å². The number of methoxy groups -OCH3 is 1. The highest BCUT2D eigenvalue weighted by Gasteiger charge is 2.10. The third kappa shape index (κ3) is 3.73. The molecule has 2 aromatic rings. The van der Waals surface area contributed by atoms with E-state index < -0.39 is 0 Å². The Labute approximate surface area is 123 Å². The first-order chi connectivity index (χ1) is 10.1. The highest BCUT2D eigenvalue weighted by atomic mass is 16.5. The van der Waals surface area contributed by atoms with Gasteiger partial charge in [0.1, 0.15) is 18.1 Å². The van der Waals surface area contributed by atoms with Crippen molar-refractivity contribution in [3.05, 3.63) is 59.2 Å². The van der Waals surface area contributed by atoms with Crippen LogP contribution < -0.4 is 20.7 Å². The predicted octanol–water partition coefficient (Wildman–Crippen LogP) is 2.19. The van der Waals surface area contributed by atoms with Crippen molar-refractivity contribution in [2.45, 2.75) is 13.5 Å². The van der Waals surface area contributed by atoms with E-state index in [4.69, 9.17) is 15.3 Å². The Hall–Kier alpha value is -2.53. The lowest BCUT2D eigenvalue weighted by Crippen LogP contribution is -2.30. The maximum Gasteiger partial charge on any atom is 0.265 e. The fraction of sp³-hybridized carbons (Fsp3) is 0.188. The van der Waals surface area contributed by atoms with Crippen molar-refractivity contribution >= 4 is 5.91 Å². The van der Waals surface area contributed by atoms with Gasteiger partial charge in [-0.05, 0) is 37.3 Å². The first kappa shape index (κ1) is 14.9. The maximum atomic E-state index is 11.6. The molecule has 2 aromatic carbocycles. The molecule has 3 N–H and O–H groups in total. The summed E-state index contributed by atoms with van der Waals surface area (Å²) in [5, 5.41) is 0. The van der Waals surface area contributed by atoms with E-state index in [2.05, 4.69) is 5.43 Å². The number of nitrogen functional groups attached to an aromatic ring is 1. The minimum atomic E-state index is -0.353. The van der Waals surface area contributed by atoms with E-state index in [0.29, 0.717) is 17.9 Å². The normalized spacial score (nSPS) is 10.0. The lowest BCUT2D eigenvalue weighted by atomic mass is 10.1. The molecule has 2 rings (SSSR count). The maximum absolute atomic E-state index is 11.6. The second-order valence-electron chi connectivity index (χ2n) is 4.60. The second kappa shape index (κ2) is 6.76. The van der Waals surface area contributed by atoms with Crippen molar-refractivity contribution in [3.8, 4) is 11.5 Å². The average Bonchev–Trinajstić information content (AvgIpc) is 2.53. The fourth-order valence-corrected chi connectivity index (χ4v) is 1.91. The minimum absolute atomic E-state index is 0.303. The number of benzene rings is 2. The number of ether oxygens (including phenoxy) is 2. The van der Waals surface area contributed by atoms with Gasteiger partial charge in [-0.2, -0.15) is 0 Å². The van der Waals surface area contributed by atoms with Gasteiger partial charge in [-0.15, -0.1) is 0 Å². The molecule has 0 radical (unpaired) electrons. The molecule has 0 saturated heterocycles. The van der Waals surface area contributed by atoms with E-state index >= 15 is 0 Å². The van der Waals surface area contributed by atoms with Crippen LogP contribution in [0.5, 0.6) is 11.5 Å². The summed E-state index contributed by atoms with van der Waals surface area (Å²) in [7, 11) is 1.58. The van der Waals surface area contributed by atoms with E-state index in [1.165, 1.54) is 5.56 Å². The van der Waals surface area contributed by atoms with Gasteiger partial charge < -0.3 is 9.47 Å². The van der Waals surface area contributed by atoms with Crippen molar-refractivity contribution in [1.29, 1.82) is 0 Å². The molecular weight excluding hydrogens is 268 g/mol. The van der Waals surface area contributed by atoms with Crippen LogP contribution in [-0.4, -0.2) is 13.0 Å². The Bertz CT molecular complexity index is 624. The van der Waals surface area contributed by atoms with Crippen LogP contribution >= 0.6 is 0 Å². The Kier molecular flexibility index (Phi) is 4.79. The standard InChI is InChI=1S/C16H18N2O3/c1-11-3-6-14(7-4-11)21-10-13-9-12(16(19)18-17)5-8-15(13)20-2/h3-9H,10,17H2,1-2H3,(H,18,19). The van der Waals surface area contributed by atoms with Crippen molar-refractivity contribution in [3.63, 3.8) is 0 Å². The second-order valence-corrected chi connectivity index (χ2v) is 4.60. The lowest BCUT2D eigenvalue weighted by Gasteiger charge is -2.12. The first-order valence-electron chi connectivity index (χ1n) is 6.51. The largest absolute Gasteiger partial charge is 0.496 e. The number of hydrogen-bond donors (Lipinski definition) is 2. The number of nitrogens with two attached hydrogens (primary N) is 1. The summed E-state index contributed by atoms with van der Waals surface area (Å²) >= 11 is 0. The summed E-state index contributed by atoms with van der Waals surface area (Å²) in [5.74, 6) is 6.21. The van der Waals surface area contributed by atoms with Gasteiger partial charge in [0.05, 0.1) is 7.11 Å². The van der Waals surface area contributed by atoms with Gasteiger partial charge in [-0.1, -0.05) is 17.7 Å². The first-order valence-corrected chi connectivity index (χ1v) is 6.51. The Morgan fingerprint density at radius 3 is 2.52 bits per heavy atom. The molecule has 0 saturated carbocycles. The van der Waals surface area contributed by atoms with Gasteiger partial charge >= 0.3 is 0 Å². The Balaban J connectivity index is 2.17. The van der Waals surface area contributed by atoms with E-state index in [1.807, 2.05) is 31.2 Å². The van der Waals surface area contributed by atoms with Crippen molar-refractivity contribution in [2.75, 3.05) is 7.11 Å². The number of rotatable bonds is 5. The highest BCUT2D eigenvalue weighted by molar-refractivity contribution is 5.94. The molecule has 0 fully saturated rings. The molecule has 110 valence electrons. The molecule has 0 unspecified atom stereocenters. The number of nitrogens with one attached hydrogen (secondary N) is 1. The van der Waals surface area contributed by atoms with Crippen LogP contribution in [-0.2, 0) is 6.61 Å². The van der Waals surface area contributed by atoms with E-state index in [0.717, 1.165) is 11.3 Å². The summed E-state index contributed by atoms with van der Waals surface area (Å²) < 4.78 is 11.0. The molecule has 0 bridgehead atoms. The van der Waals surface area contributed by atoms with Crippen LogP contribution in [0.3, 0.4) is 0 Å². The van der Waals surface area contributed by atoms with Crippen LogP contribution in [0.4, 0.5) is 0 Å². The van der Waals surface area contributed by atoms with Crippen LogP contribution in [0.1, 0.15) is 21.5 Å². The quantitative estimate of drug-likeness (QED) is 0.502. The van der Waals surface area contributed by atoms with Gasteiger partial charge in [-0.25, -0.2) is 5.84 Å². The summed E-state index contributed by atoms with van der Waals surface area (Å²) in [6, 6.07) is 12.8. The monoisotopic (exact) mass is 286 g/mol. The zero-order chi connectivity index (χ0) is 15.2. The Morgan fingerprint density at radius 2 is 1.90 bits per heavy atom. The average molecular weight is 286 g/mol. The summed E-state index contributed by atoms with van der Waals surface area (Å²) in [4.78, 5) is 11.6. The van der Waals surface area contributed by atoms with E-state index in [9.17, 15) is 4.79 Å². The molecule has 0 spiro atoms. The molecule has 1 amide bonds. The van der Waals surface area contributed by atoms with Crippen LogP contribution in [0.25, 0.3) is 0 Å². The van der Waals surface area contributed by atoms with Crippen molar-refractivity contribution in [1.82, 2.24) is 5.43 Å². The fourth-order valence-electron chi connectivity index (χ4n) is 1.91. The van der Waals surface area contributed by atoms with Gasteiger partial charge in [-0.3, -0.25) is 10.2 Å². The zero-order valence-electron chi connectivity index (χ0n) is 12.1.